The van der Waals surface area contributed by atoms with Gasteiger partial charge in [-0.05, 0) is 69.6 Å². The van der Waals surface area contributed by atoms with E-state index in [1.54, 1.807) is 0 Å². The molecule has 0 bridgehead atoms. The number of fused-ring (bicyclic) bond motifs is 1. The lowest BCUT2D eigenvalue weighted by Crippen LogP contribution is -2.39. The Bertz CT molecular complexity index is 588. The zero-order valence-electron chi connectivity index (χ0n) is 13.0. The van der Waals surface area contributed by atoms with Crippen LogP contribution in [0.1, 0.15) is 26.7 Å². The molecule has 1 fully saturated rings. The van der Waals surface area contributed by atoms with E-state index < -0.39 is 0 Å². The van der Waals surface area contributed by atoms with Crippen molar-refractivity contribution < 1.29 is 0 Å². The molecule has 3 heteroatoms. The van der Waals surface area contributed by atoms with Crippen molar-refractivity contribution in [3.05, 3.63) is 36.5 Å². The van der Waals surface area contributed by atoms with Crippen molar-refractivity contribution in [3.63, 3.8) is 0 Å². The predicted molar refractivity (Wildman–Crippen MR) is 89.7 cm³/mol. The minimum atomic E-state index is 0.526. The highest BCUT2D eigenvalue weighted by atomic mass is 15.1. The van der Waals surface area contributed by atoms with E-state index in [1.165, 1.54) is 43.5 Å². The number of hydrogen-bond donors (Lipinski definition) is 1. The van der Waals surface area contributed by atoms with Crippen LogP contribution in [0.15, 0.2) is 36.5 Å². The summed E-state index contributed by atoms with van der Waals surface area (Å²) in [7, 11) is 0. The van der Waals surface area contributed by atoms with Crippen LogP contribution in [0.3, 0.4) is 0 Å². The largest absolute Gasteiger partial charge is 0.382 e. The number of piperidine rings is 1. The van der Waals surface area contributed by atoms with E-state index in [0.29, 0.717) is 6.04 Å². The Morgan fingerprint density at radius 1 is 1.29 bits per heavy atom. The summed E-state index contributed by atoms with van der Waals surface area (Å²) in [6, 6.07) is 11.1. The molecule has 112 valence electrons. The maximum atomic E-state index is 4.38. The molecule has 2 aromatic rings. The summed E-state index contributed by atoms with van der Waals surface area (Å²) in [6.07, 6.45) is 4.45. The molecule has 0 spiro atoms. The molecular weight excluding hydrogens is 258 g/mol. The fourth-order valence-electron chi connectivity index (χ4n) is 3.32. The van der Waals surface area contributed by atoms with Crippen molar-refractivity contribution in [2.24, 2.45) is 5.92 Å². The van der Waals surface area contributed by atoms with Crippen molar-refractivity contribution in [3.8, 4) is 0 Å². The lowest BCUT2D eigenvalue weighted by Gasteiger charge is -2.34. The molecule has 1 saturated heterocycles. The van der Waals surface area contributed by atoms with Crippen molar-refractivity contribution in [2.45, 2.75) is 32.7 Å². The molecule has 2 heterocycles. The monoisotopic (exact) mass is 283 g/mol. The maximum Gasteiger partial charge on any atom is 0.0703 e. The molecule has 3 rings (SSSR count). The van der Waals surface area contributed by atoms with Gasteiger partial charge < -0.3 is 10.2 Å². The highest BCUT2D eigenvalue weighted by Gasteiger charge is 2.22. The molecule has 0 aliphatic carbocycles. The Labute approximate surface area is 127 Å². The van der Waals surface area contributed by atoms with E-state index in [2.05, 4.69) is 53.3 Å². The molecule has 3 nitrogen and oxygen atoms in total. The standard InChI is InChI=1S/C18H25N3/c1-3-21-11-8-15(9-12-21)14(2)20-17-6-7-18-16(13-17)5-4-10-19-18/h4-7,10,13-15,20H,3,8-9,11-12H2,1-2H3. The third-order valence-electron chi connectivity index (χ3n) is 4.78. The second-order valence-electron chi connectivity index (χ2n) is 6.12. The molecule has 21 heavy (non-hydrogen) atoms. The third kappa shape index (κ3) is 3.35. The van der Waals surface area contributed by atoms with Crippen molar-refractivity contribution in [1.82, 2.24) is 9.88 Å². The molecular formula is C18H25N3. The van der Waals surface area contributed by atoms with E-state index in [9.17, 15) is 0 Å². The van der Waals surface area contributed by atoms with E-state index >= 15 is 0 Å². The fourth-order valence-corrected chi connectivity index (χ4v) is 3.32. The first kappa shape index (κ1) is 14.3. The first-order valence-corrected chi connectivity index (χ1v) is 8.10. The lowest BCUT2D eigenvalue weighted by molar-refractivity contribution is 0.183. The summed E-state index contributed by atoms with van der Waals surface area (Å²) < 4.78 is 0. The zero-order valence-corrected chi connectivity index (χ0v) is 13.0. The Kier molecular flexibility index (Phi) is 4.39. The van der Waals surface area contributed by atoms with Gasteiger partial charge in [0.2, 0.25) is 0 Å². The minimum Gasteiger partial charge on any atom is -0.382 e. The summed E-state index contributed by atoms with van der Waals surface area (Å²) in [5.74, 6) is 0.775. The van der Waals surface area contributed by atoms with Crippen LogP contribution in [0.4, 0.5) is 5.69 Å². The van der Waals surface area contributed by atoms with Crippen LogP contribution in [-0.4, -0.2) is 35.6 Å². The molecule has 1 atom stereocenters. The normalized spacial score (nSPS) is 18.8. The van der Waals surface area contributed by atoms with E-state index in [0.717, 1.165) is 11.4 Å². The van der Waals surface area contributed by atoms with Gasteiger partial charge in [-0.1, -0.05) is 13.0 Å². The first-order chi connectivity index (χ1) is 10.3. The molecule has 0 radical (unpaired) electrons. The van der Waals surface area contributed by atoms with Gasteiger partial charge in [0.1, 0.15) is 0 Å². The fraction of sp³-hybridized carbons (Fsp3) is 0.500. The smallest absolute Gasteiger partial charge is 0.0703 e. The minimum absolute atomic E-state index is 0.526. The van der Waals surface area contributed by atoms with Gasteiger partial charge in [-0.2, -0.15) is 0 Å². The molecule has 1 N–H and O–H groups in total. The molecule has 1 aromatic carbocycles. The number of pyridine rings is 1. The maximum absolute atomic E-state index is 4.38. The van der Waals surface area contributed by atoms with Gasteiger partial charge in [0, 0.05) is 23.3 Å². The van der Waals surface area contributed by atoms with Gasteiger partial charge >= 0.3 is 0 Å². The van der Waals surface area contributed by atoms with E-state index in [4.69, 9.17) is 0 Å². The number of likely N-dealkylation sites (tertiary alicyclic amines) is 1. The predicted octanol–water partition coefficient (Wildman–Crippen LogP) is 3.77. The number of nitrogens with zero attached hydrogens (tertiary/aromatic N) is 2. The summed E-state index contributed by atoms with van der Waals surface area (Å²) in [5, 5.41) is 4.89. The number of aromatic nitrogens is 1. The zero-order chi connectivity index (χ0) is 14.7. The first-order valence-electron chi connectivity index (χ1n) is 8.10. The Morgan fingerprint density at radius 3 is 2.86 bits per heavy atom. The molecule has 1 aliphatic rings. The Hall–Kier alpha value is -1.61. The summed E-state index contributed by atoms with van der Waals surface area (Å²) in [6.45, 7) is 8.25. The average molecular weight is 283 g/mol. The van der Waals surface area contributed by atoms with Gasteiger partial charge in [0.05, 0.1) is 5.52 Å². The summed E-state index contributed by atoms with van der Waals surface area (Å²) >= 11 is 0. The molecule has 0 saturated carbocycles. The second-order valence-corrected chi connectivity index (χ2v) is 6.12. The highest BCUT2D eigenvalue weighted by Crippen LogP contribution is 2.24. The van der Waals surface area contributed by atoms with Gasteiger partial charge in [0.25, 0.3) is 0 Å². The van der Waals surface area contributed by atoms with Gasteiger partial charge in [-0.25, -0.2) is 0 Å². The van der Waals surface area contributed by atoms with Crippen LogP contribution >= 0.6 is 0 Å². The van der Waals surface area contributed by atoms with Gasteiger partial charge in [0.15, 0.2) is 0 Å². The quantitative estimate of drug-likeness (QED) is 0.926. The summed E-state index contributed by atoms with van der Waals surface area (Å²) in [5.41, 5.74) is 2.27. The number of rotatable bonds is 4. The van der Waals surface area contributed by atoms with Crippen LogP contribution in [0.5, 0.6) is 0 Å². The Balaban J connectivity index is 1.64. The topological polar surface area (TPSA) is 28.2 Å². The summed E-state index contributed by atoms with van der Waals surface area (Å²) in [4.78, 5) is 6.92. The van der Waals surface area contributed by atoms with Crippen LogP contribution in [0.25, 0.3) is 10.9 Å². The van der Waals surface area contributed by atoms with E-state index in [-0.39, 0.29) is 0 Å². The molecule has 0 amide bonds. The van der Waals surface area contributed by atoms with Crippen LogP contribution in [-0.2, 0) is 0 Å². The Morgan fingerprint density at radius 2 is 2.10 bits per heavy atom. The van der Waals surface area contributed by atoms with Crippen LogP contribution < -0.4 is 5.32 Å². The average Bonchev–Trinajstić information content (AvgIpc) is 2.55. The number of nitrogens with one attached hydrogen (secondary N) is 1. The third-order valence-corrected chi connectivity index (χ3v) is 4.78. The van der Waals surface area contributed by atoms with Crippen molar-refractivity contribution in [2.75, 3.05) is 25.0 Å². The SMILES string of the molecule is CCN1CCC(C(C)Nc2ccc3ncccc3c2)CC1. The molecule has 1 unspecified atom stereocenters. The lowest BCUT2D eigenvalue weighted by atomic mass is 9.90. The number of anilines is 1. The number of benzene rings is 1. The molecule has 1 aromatic heterocycles. The molecule has 1 aliphatic heterocycles. The number of hydrogen-bond acceptors (Lipinski definition) is 3. The van der Waals surface area contributed by atoms with Crippen molar-refractivity contribution in [1.29, 1.82) is 0 Å². The van der Waals surface area contributed by atoms with Gasteiger partial charge in [-0.15, -0.1) is 0 Å². The van der Waals surface area contributed by atoms with Crippen LogP contribution in [0, 0.1) is 5.92 Å². The van der Waals surface area contributed by atoms with E-state index in [1.807, 2.05) is 12.3 Å². The van der Waals surface area contributed by atoms with Crippen LogP contribution in [0.2, 0.25) is 0 Å². The highest BCUT2D eigenvalue weighted by molar-refractivity contribution is 5.82. The van der Waals surface area contributed by atoms with Crippen molar-refractivity contribution >= 4 is 16.6 Å². The van der Waals surface area contributed by atoms with Gasteiger partial charge in [-0.3, -0.25) is 4.98 Å². The second kappa shape index (κ2) is 6.44.